The van der Waals surface area contributed by atoms with Crippen LogP contribution < -0.4 is 4.90 Å². The fourth-order valence-electron chi connectivity index (χ4n) is 2.42. The summed E-state index contributed by atoms with van der Waals surface area (Å²) in [7, 11) is 2.13. The van der Waals surface area contributed by atoms with Gasteiger partial charge in [-0.15, -0.1) is 11.6 Å². The second-order valence-corrected chi connectivity index (χ2v) is 5.38. The predicted molar refractivity (Wildman–Crippen MR) is 77.3 cm³/mol. The van der Waals surface area contributed by atoms with Gasteiger partial charge in [0.05, 0.1) is 0 Å². The summed E-state index contributed by atoms with van der Waals surface area (Å²) in [5, 5.41) is 2.43. The van der Waals surface area contributed by atoms with Crippen LogP contribution in [0, 0.1) is 5.92 Å². The van der Waals surface area contributed by atoms with E-state index < -0.39 is 0 Å². The lowest BCUT2D eigenvalue weighted by molar-refractivity contribution is 0.780. The van der Waals surface area contributed by atoms with Crippen LogP contribution in [-0.2, 0) is 5.88 Å². The van der Waals surface area contributed by atoms with E-state index in [-0.39, 0.29) is 0 Å². The van der Waals surface area contributed by atoms with Crippen LogP contribution in [0.2, 0.25) is 0 Å². The van der Waals surface area contributed by atoms with Gasteiger partial charge in [-0.05, 0) is 29.7 Å². The zero-order valence-electron chi connectivity index (χ0n) is 10.6. The van der Waals surface area contributed by atoms with Crippen molar-refractivity contribution in [3.63, 3.8) is 0 Å². The summed E-state index contributed by atoms with van der Waals surface area (Å²) < 4.78 is 0. The molecule has 1 aliphatic rings. The number of hydrogen-bond acceptors (Lipinski definition) is 2. The smallest absolute Gasteiger partial charge is 0.136 e. The molecule has 3 rings (SSSR count). The number of fused-ring (bicyclic) bond motifs is 1. The van der Waals surface area contributed by atoms with Crippen molar-refractivity contribution in [2.75, 3.05) is 18.5 Å². The van der Waals surface area contributed by atoms with Crippen LogP contribution in [0.15, 0.2) is 30.5 Å². The summed E-state index contributed by atoms with van der Waals surface area (Å²) in [5.74, 6) is 2.45. The molecule has 1 fully saturated rings. The van der Waals surface area contributed by atoms with Crippen LogP contribution in [0.25, 0.3) is 10.8 Å². The molecule has 94 valence electrons. The summed E-state index contributed by atoms with van der Waals surface area (Å²) in [6.07, 6.45) is 4.64. The maximum Gasteiger partial charge on any atom is 0.136 e. The highest BCUT2D eigenvalue weighted by molar-refractivity contribution is 6.18. The first-order valence-electron chi connectivity index (χ1n) is 6.43. The van der Waals surface area contributed by atoms with Gasteiger partial charge in [0.15, 0.2) is 0 Å². The van der Waals surface area contributed by atoms with E-state index in [1.165, 1.54) is 23.6 Å². The monoisotopic (exact) mass is 260 g/mol. The molecule has 0 aliphatic heterocycles. The molecule has 0 atom stereocenters. The van der Waals surface area contributed by atoms with Crippen molar-refractivity contribution in [1.29, 1.82) is 0 Å². The molecule has 0 bridgehead atoms. The minimum absolute atomic E-state index is 0.514. The van der Waals surface area contributed by atoms with Crippen molar-refractivity contribution in [2.24, 2.45) is 5.92 Å². The molecule has 0 radical (unpaired) electrons. The Labute approximate surface area is 113 Å². The van der Waals surface area contributed by atoms with E-state index >= 15 is 0 Å². The zero-order chi connectivity index (χ0) is 12.5. The standard InChI is InChI=1S/C15H17ClN2/c1-18(10-11-6-7-11)15-14-5-3-2-4-13(14)12(8-16)9-17-15/h2-5,9,11H,6-8,10H2,1H3. The fraction of sp³-hybridized carbons (Fsp3) is 0.400. The molecule has 1 aromatic heterocycles. The van der Waals surface area contributed by atoms with Gasteiger partial charge in [-0.1, -0.05) is 24.3 Å². The first-order chi connectivity index (χ1) is 8.79. The summed E-state index contributed by atoms with van der Waals surface area (Å²) in [4.78, 5) is 6.88. The van der Waals surface area contributed by atoms with Crippen LogP contribution in [0.1, 0.15) is 18.4 Å². The van der Waals surface area contributed by atoms with Crippen LogP contribution in [-0.4, -0.2) is 18.6 Å². The molecule has 0 amide bonds. The van der Waals surface area contributed by atoms with Crippen molar-refractivity contribution >= 4 is 28.2 Å². The van der Waals surface area contributed by atoms with Gasteiger partial charge >= 0.3 is 0 Å². The van der Waals surface area contributed by atoms with Crippen LogP contribution in [0.3, 0.4) is 0 Å². The Morgan fingerprint density at radius 2 is 2.00 bits per heavy atom. The minimum atomic E-state index is 0.514. The van der Waals surface area contributed by atoms with Gasteiger partial charge in [-0.2, -0.15) is 0 Å². The summed E-state index contributed by atoms with van der Waals surface area (Å²) in [6, 6.07) is 8.39. The van der Waals surface area contributed by atoms with Crippen molar-refractivity contribution in [2.45, 2.75) is 18.7 Å². The van der Waals surface area contributed by atoms with Crippen molar-refractivity contribution in [3.05, 3.63) is 36.0 Å². The van der Waals surface area contributed by atoms with E-state index in [2.05, 4.69) is 41.2 Å². The Bertz CT molecular complexity index is 563. The average Bonchev–Trinajstić information content (AvgIpc) is 3.21. The maximum atomic E-state index is 5.98. The quantitative estimate of drug-likeness (QED) is 0.777. The fourth-order valence-corrected chi connectivity index (χ4v) is 2.63. The zero-order valence-corrected chi connectivity index (χ0v) is 11.3. The lowest BCUT2D eigenvalue weighted by Crippen LogP contribution is -2.21. The third-order valence-corrected chi connectivity index (χ3v) is 3.88. The summed E-state index contributed by atoms with van der Waals surface area (Å²) >= 11 is 5.98. The van der Waals surface area contributed by atoms with Crippen molar-refractivity contribution in [3.8, 4) is 0 Å². The van der Waals surface area contributed by atoms with Crippen LogP contribution in [0.4, 0.5) is 5.82 Å². The first kappa shape index (κ1) is 11.8. The highest BCUT2D eigenvalue weighted by Crippen LogP contribution is 2.33. The Hall–Kier alpha value is -1.28. The SMILES string of the molecule is CN(CC1CC1)c1ncc(CCl)c2ccccc12. The van der Waals surface area contributed by atoms with E-state index in [9.17, 15) is 0 Å². The van der Waals surface area contributed by atoms with Gasteiger partial charge in [-0.3, -0.25) is 0 Å². The van der Waals surface area contributed by atoms with E-state index in [0.717, 1.165) is 23.8 Å². The molecule has 3 heteroatoms. The lowest BCUT2D eigenvalue weighted by atomic mass is 10.1. The Kier molecular flexibility index (Phi) is 3.13. The highest BCUT2D eigenvalue weighted by Gasteiger charge is 2.24. The van der Waals surface area contributed by atoms with Gasteiger partial charge in [0.25, 0.3) is 0 Å². The molecule has 1 aromatic carbocycles. The number of halogens is 1. The molecule has 1 saturated carbocycles. The molecule has 1 aliphatic carbocycles. The third-order valence-electron chi connectivity index (χ3n) is 3.59. The molecule has 0 spiro atoms. The topological polar surface area (TPSA) is 16.1 Å². The summed E-state index contributed by atoms with van der Waals surface area (Å²) in [5.41, 5.74) is 1.11. The maximum absolute atomic E-state index is 5.98. The number of hydrogen-bond donors (Lipinski definition) is 0. The molecule has 18 heavy (non-hydrogen) atoms. The number of aromatic nitrogens is 1. The van der Waals surface area contributed by atoms with E-state index in [0.29, 0.717) is 5.88 Å². The lowest BCUT2D eigenvalue weighted by Gasteiger charge is -2.20. The van der Waals surface area contributed by atoms with Gasteiger partial charge < -0.3 is 4.90 Å². The minimum Gasteiger partial charge on any atom is -0.359 e. The Morgan fingerprint density at radius 3 is 2.67 bits per heavy atom. The molecule has 0 saturated heterocycles. The molecule has 0 unspecified atom stereocenters. The first-order valence-corrected chi connectivity index (χ1v) is 6.96. The molecule has 0 N–H and O–H groups in total. The number of rotatable bonds is 4. The van der Waals surface area contributed by atoms with Gasteiger partial charge in [0.1, 0.15) is 5.82 Å². The van der Waals surface area contributed by atoms with E-state index in [4.69, 9.17) is 11.6 Å². The molecule has 2 nitrogen and oxygen atoms in total. The second-order valence-electron chi connectivity index (χ2n) is 5.11. The van der Waals surface area contributed by atoms with Crippen LogP contribution in [0.5, 0.6) is 0 Å². The average molecular weight is 261 g/mol. The molecule has 2 aromatic rings. The van der Waals surface area contributed by atoms with E-state index in [1.807, 2.05) is 6.20 Å². The number of benzene rings is 1. The number of pyridine rings is 1. The van der Waals surface area contributed by atoms with E-state index in [1.54, 1.807) is 0 Å². The van der Waals surface area contributed by atoms with Gasteiger partial charge in [0.2, 0.25) is 0 Å². The third kappa shape index (κ3) is 2.17. The predicted octanol–water partition coefficient (Wildman–Crippen LogP) is 3.82. The van der Waals surface area contributed by atoms with Gasteiger partial charge in [0, 0.05) is 31.1 Å². The molecular formula is C15H17ClN2. The van der Waals surface area contributed by atoms with Crippen molar-refractivity contribution in [1.82, 2.24) is 4.98 Å². The Balaban J connectivity index is 2.05. The van der Waals surface area contributed by atoms with Crippen LogP contribution >= 0.6 is 11.6 Å². The number of nitrogens with zero attached hydrogens (tertiary/aromatic N) is 2. The Morgan fingerprint density at radius 1 is 1.28 bits per heavy atom. The second kappa shape index (κ2) is 4.77. The highest BCUT2D eigenvalue weighted by atomic mass is 35.5. The largest absolute Gasteiger partial charge is 0.359 e. The number of anilines is 1. The van der Waals surface area contributed by atoms with Gasteiger partial charge in [-0.25, -0.2) is 4.98 Å². The van der Waals surface area contributed by atoms with Crippen molar-refractivity contribution < 1.29 is 0 Å². The summed E-state index contributed by atoms with van der Waals surface area (Å²) in [6.45, 7) is 1.11. The number of alkyl halides is 1. The normalized spacial score (nSPS) is 15.0. The molecule has 1 heterocycles. The molecular weight excluding hydrogens is 244 g/mol.